The van der Waals surface area contributed by atoms with Crippen LogP contribution in [0.15, 0.2) is 42.7 Å². The average molecular weight is 415 g/mol. The van der Waals surface area contributed by atoms with Crippen LogP contribution in [0.5, 0.6) is 5.75 Å². The highest BCUT2D eigenvalue weighted by molar-refractivity contribution is 6.31. The summed E-state index contributed by atoms with van der Waals surface area (Å²) in [7, 11) is 0. The van der Waals surface area contributed by atoms with Gasteiger partial charge in [-0.3, -0.25) is 9.59 Å². The maximum Gasteiger partial charge on any atom is 0.322 e. The zero-order valence-electron chi connectivity index (χ0n) is 14.6. The highest BCUT2D eigenvalue weighted by Gasteiger charge is 2.25. The standard InChI is InChI=1S/C19H12ClFN4O4/c20-10-3-1-2-9(6-10)14-12(21)5-4-11-15(14)18-23-8-24-25(18)16(17(11)28)19(29)22-7-13(26)27/h1-6,8,28H,7H2,(H,22,29)(H,26,27). The Kier molecular flexibility index (Phi) is 4.51. The van der Waals surface area contributed by atoms with Crippen molar-refractivity contribution < 1.29 is 24.2 Å². The highest BCUT2D eigenvalue weighted by atomic mass is 35.5. The van der Waals surface area contributed by atoms with Crippen LogP contribution in [0.3, 0.4) is 0 Å². The molecule has 2 aromatic carbocycles. The van der Waals surface area contributed by atoms with E-state index < -0.39 is 30.0 Å². The van der Waals surface area contributed by atoms with Crippen LogP contribution in [0, 0.1) is 5.82 Å². The first-order valence-corrected chi connectivity index (χ1v) is 8.69. The number of fused-ring (bicyclic) bond motifs is 3. The highest BCUT2D eigenvalue weighted by Crippen LogP contribution is 2.39. The molecule has 29 heavy (non-hydrogen) atoms. The third-order valence-corrected chi connectivity index (χ3v) is 4.58. The zero-order valence-corrected chi connectivity index (χ0v) is 15.3. The number of hydrogen-bond acceptors (Lipinski definition) is 5. The van der Waals surface area contributed by atoms with E-state index in [0.717, 1.165) is 16.9 Å². The zero-order chi connectivity index (χ0) is 20.7. The molecule has 0 aliphatic rings. The van der Waals surface area contributed by atoms with Crippen LogP contribution in [0.4, 0.5) is 4.39 Å². The second kappa shape index (κ2) is 7.02. The third kappa shape index (κ3) is 3.11. The number of benzene rings is 2. The summed E-state index contributed by atoms with van der Waals surface area (Å²) in [6.07, 6.45) is 1.15. The van der Waals surface area contributed by atoms with Gasteiger partial charge in [0.2, 0.25) is 0 Å². The Hall–Kier alpha value is -3.72. The largest absolute Gasteiger partial charge is 0.505 e. The molecule has 0 aliphatic heterocycles. The number of aromatic nitrogens is 3. The predicted molar refractivity (Wildman–Crippen MR) is 103 cm³/mol. The molecule has 0 saturated carbocycles. The molecule has 0 aliphatic carbocycles. The number of halogens is 2. The number of rotatable bonds is 4. The van der Waals surface area contributed by atoms with Crippen molar-refractivity contribution >= 4 is 39.9 Å². The smallest absolute Gasteiger partial charge is 0.322 e. The number of aromatic hydroxyl groups is 1. The van der Waals surface area contributed by atoms with Crippen LogP contribution in [0.2, 0.25) is 5.02 Å². The van der Waals surface area contributed by atoms with Gasteiger partial charge in [0, 0.05) is 21.4 Å². The first-order chi connectivity index (χ1) is 13.9. The molecule has 146 valence electrons. The van der Waals surface area contributed by atoms with Gasteiger partial charge in [-0.25, -0.2) is 13.9 Å². The van der Waals surface area contributed by atoms with Crippen LogP contribution in [0.1, 0.15) is 10.5 Å². The Bertz CT molecular complexity index is 1300. The number of carbonyl (C=O) groups is 2. The van der Waals surface area contributed by atoms with E-state index in [1.165, 1.54) is 6.07 Å². The van der Waals surface area contributed by atoms with Gasteiger partial charge in [-0.1, -0.05) is 23.7 Å². The molecule has 0 radical (unpaired) electrons. The molecule has 0 unspecified atom stereocenters. The lowest BCUT2D eigenvalue weighted by atomic mass is 9.97. The molecule has 10 heteroatoms. The maximum atomic E-state index is 14.8. The number of amides is 1. The Labute approximate surface area is 167 Å². The number of hydrogen-bond donors (Lipinski definition) is 3. The number of nitrogens with zero attached hydrogens (tertiary/aromatic N) is 3. The topological polar surface area (TPSA) is 117 Å². The monoisotopic (exact) mass is 414 g/mol. The van der Waals surface area contributed by atoms with Crippen molar-refractivity contribution in [1.29, 1.82) is 0 Å². The van der Waals surface area contributed by atoms with Gasteiger partial charge in [0.15, 0.2) is 17.1 Å². The molecule has 0 saturated heterocycles. The molecule has 4 aromatic rings. The lowest BCUT2D eigenvalue weighted by Crippen LogP contribution is -2.31. The Morgan fingerprint density at radius 1 is 1.24 bits per heavy atom. The van der Waals surface area contributed by atoms with E-state index in [0.29, 0.717) is 10.6 Å². The van der Waals surface area contributed by atoms with Crippen LogP contribution >= 0.6 is 11.6 Å². The normalized spacial score (nSPS) is 11.1. The molecule has 0 spiro atoms. The van der Waals surface area contributed by atoms with Gasteiger partial charge in [-0.2, -0.15) is 5.10 Å². The van der Waals surface area contributed by atoms with Gasteiger partial charge in [-0.15, -0.1) is 0 Å². The number of aliphatic carboxylic acids is 1. The van der Waals surface area contributed by atoms with Crippen molar-refractivity contribution in [3.63, 3.8) is 0 Å². The Morgan fingerprint density at radius 3 is 2.76 bits per heavy atom. The van der Waals surface area contributed by atoms with E-state index in [-0.39, 0.29) is 27.7 Å². The Morgan fingerprint density at radius 2 is 2.03 bits per heavy atom. The number of nitrogens with one attached hydrogen (secondary N) is 1. The summed E-state index contributed by atoms with van der Waals surface area (Å²) in [4.78, 5) is 27.3. The van der Waals surface area contributed by atoms with Gasteiger partial charge in [0.25, 0.3) is 5.91 Å². The summed E-state index contributed by atoms with van der Waals surface area (Å²) < 4.78 is 15.9. The van der Waals surface area contributed by atoms with Crippen LogP contribution in [-0.2, 0) is 4.79 Å². The lowest BCUT2D eigenvalue weighted by Gasteiger charge is -2.14. The molecule has 2 heterocycles. The van der Waals surface area contributed by atoms with Gasteiger partial charge in [-0.05, 0) is 29.8 Å². The van der Waals surface area contributed by atoms with Gasteiger partial charge in [0.05, 0.1) is 0 Å². The summed E-state index contributed by atoms with van der Waals surface area (Å²) in [6, 6.07) is 8.99. The summed E-state index contributed by atoms with van der Waals surface area (Å²) >= 11 is 6.05. The van der Waals surface area contributed by atoms with Crippen LogP contribution in [-0.4, -0.2) is 43.2 Å². The van der Waals surface area contributed by atoms with Crippen LogP contribution in [0.25, 0.3) is 27.5 Å². The van der Waals surface area contributed by atoms with Gasteiger partial charge < -0.3 is 15.5 Å². The summed E-state index contributed by atoms with van der Waals surface area (Å²) in [5.41, 5.74) is 0.395. The van der Waals surface area contributed by atoms with E-state index in [2.05, 4.69) is 15.4 Å². The van der Waals surface area contributed by atoms with Crippen molar-refractivity contribution in [3.8, 4) is 16.9 Å². The quantitative estimate of drug-likeness (QED) is 0.472. The van der Waals surface area contributed by atoms with Crippen molar-refractivity contribution in [3.05, 3.63) is 59.3 Å². The molecule has 1 amide bonds. The minimum absolute atomic E-state index is 0.118. The molecular formula is C19H12ClFN4O4. The molecule has 0 bridgehead atoms. The maximum absolute atomic E-state index is 14.8. The van der Waals surface area contributed by atoms with E-state index in [1.807, 2.05) is 0 Å². The second-order valence-electron chi connectivity index (χ2n) is 6.12. The first kappa shape index (κ1) is 18.6. The fourth-order valence-corrected chi connectivity index (χ4v) is 3.37. The van der Waals surface area contributed by atoms with E-state index in [4.69, 9.17) is 16.7 Å². The lowest BCUT2D eigenvalue weighted by molar-refractivity contribution is -0.135. The van der Waals surface area contributed by atoms with Crippen molar-refractivity contribution in [2.45, 2.75) is 0 Å². The fourth-order valence-electron chi connectivity index (χ4n) is 3.18. The summed E-state index contributed by atoms with van der Waals surface area (Å²) in [6.45, 7) is -0.649. The minimum atomic E-state index is -1.25. The molecule has 4 rings (SSSR count). The van der Waals surface area contributed by atoms with Crippen LogP contribution < -0.4 is 5.32 Å². The first-order valence-electron chi connectivity index (χ1n) is 8.31. The third-order valence-electron chi connectivity index (χ3n) is 4.35. The summed E-state index contributed by atoms with van der Waals surface area (Å²) in [5, 5.41) is 26.5. The average Bonchev–Trinajstić information content (AvgIpc) is 3.15. The van der Waals surface area contributed by atoms with Crippen molar-refractivity contribution in [2.24, 2.45) is 0 Å². The SMILES string of the molecule is O=C(O)CNC(=O)c1c(O)c2ccc(F)c(-c3cccc(Cl)c3)c2c2ncnn12. The number of carbonyl (C=O) groups excluding carboxylic acids is 1. The molecular weight excluding hydrogens is 403 g/mol. The molecule has 0 fully saturated rings. The van der Waals surface area contributed by atoms with E-state index in [1.54, 1.807) is 24.3 Å². The van der Waals surface area contributed by atoms with E-state index in [9.17, 15) is 19.1 Å². The molecule has 8 nitrogen and oxygen atoms in total. The van der Waals surface area contributed by atoms with Crippen molar-refractivity contribution in [1.82, 2.24) is 19.9 Å². The summed E-state index contributed by atoms with van der Waals surface area (Å²) in [5.74, 6) is -3.17. The van der Waals surface area contributed by atoms with Crippen molar-refractivity contribution in [2.75, 3.05) is 6.54 Å². The number of pyridine rings is 1. The molecule has 0 atom stereocenters. The van der Waals surface area contributed by atoms with Gasteiger partial charge >= 0.3 is 5.97 Å². The molecule has 3 N–H and O–H groups in total. The van der Waals surface area contributed by atoms with E-state index >= 15 is 0 Å². The Balaban J connectivity index is 2.06. The van der Waals surface area contributed by atoms with Gasteiger partial charge in [0.1, 0.15) is 18.7 Å². The second-order valence-corrected chi connectivity index (χ2v) is 6.56. The number of carboxylic acids is 1. The molecule has 2 aromatic heterocycles. The predicted octanol–water partition coefficient (Wildman–Crippen LogP) is 2.86. The number of carboxylic acid groups (broad SMARTS) is 1. The minimum Gasteiger partial charge on any atom is -0.505 e. The fraction of sp³-hybridized carbons (Fsp3) is 0.0526.